The van der Waals surface area contributed by atoms with Crippen molar-refractivity contribution in [3.05, 3.63) is 35.9 Å². The Labute approximate surface area is 240 Å². The first-order chi connectivity index (χ1) is 18.9. The molecule has 0 radical (unpaired) electrons. The molecule has 2 aliphatic heterocycles. The number of likely N-dealkylation sites (tertiary alicyclic amines) is 2. The fourth-order valence-electron chi connectivity index (χ4n) is 6.09. The van der Waals surface area contributed by atoms with Gasteiger partial charge in [0.2, 0.25) is 0 Å². The van der Waals surface area contributed by atoms with Gasteiger partial charge in [-0.2, -0.15) is 13.2 Å². The Morgan fingerprint density at radius 3 is 2.00 bits per heavy atom. The molecule has 3 fully saturated rings. The molecule has 1 aromatic rings. The molecule has 8 nitrogen and oxygen atoms in total. The smallest absolute Gasteiger partial charge is 0.460 e. The number of rotatable bonds is 6. The molecule has 2 saturated heterocycles. The van der Waals surface area contributed by atoms with Gasteiger partial charge in [-0.3, -0.25) is 14.5 Å². The Bertz CT molecular complexity index is 1110. The van der Waals surface area contributed by atoms with Crippen molar-refractivity contribution < 1.29 is 37.0 Å². The van der Waals surface area contributed by atoms with Crippen molar-refractivity contribution in [3.63, 3.8) is 0 Å². The molecular weight excluding hydrogens is 539 g/mol. The Morgan fingerprint density at radius 2 is 1.49 bits per heavy atom. The zero-order valence-electron chi connectivity index (χ0n) is 24.8. The average Bonchev–Trinajstić information content (AvgIpc) is 3.60. The van der Waals surface area contributed by atoms with Crippen LogP contribution < -0.4 is 0 Å². The predicted octanol–water partition coefficient (Wildman–Crippen LogP) is 5.12. The molecule has 2 atom stereocenters. The van der Waals surface area contributed by atoms with Crippen molar-refractivity contribution >= 4 is 18.0 Å². The molecule has 2 amide bonds. The molecule has 1 aromatic carbocycles. The number of halogens is 3. The van der Waals surface area contributed by atoms with Crippen LogP contribution in [-0.2, 0) is 19.1 Å². The lowest BCUT2D eigenvalue weighted by atomic mass is 9.82. The maximum absolute atomic E-state index is 13.7. The van der Waals surface area contributed by atoms with Crippen LogP contribution in [0.1, 0.15) is 78.7 Å². The number of hydrogen-bond acceptors (Lipinski definition) is 6. The Kier molecular flexibility index (Phi) is 8.44. The summed E-state index contributed by atoms with van der Waals surface area (Å²) in [5, 5.41) is 0. The van der Waals surface area contributed by atoms with Gasteiger partial charge in [-0.25, -0.2) is 4.79 Å². The van der Waals surface area contributed by atoms with Crippen LogP contribution in [0.3, 0.4) is 0 Å². The summed E-state index contributed by atoms with van der Waals surface area (Å²) in [5.41, 5.74) is -1.14. The second-order valence-corrected chi connectivity index (χ2v) is 13.6. The summed E-state index contributed by atoms with van der Waals surface area (Å²) in [7, 11) is 0. The van der Waals surface area contributed by atoms with E-state index < -0.39 is 53.0 Å². The molecule has 0 unspecified atom stereocenters. The molecule has 11 heteroatoms. The van der Waals surface area contributed by atoms with E-state index in [-0.39, 0.29) is 25.4 Å². The number of piperidine rings is 1. The lowest BCUT2D eigenvalue weighted by molar-refractivity contribution is -0.190. The standard InChI is InChI=1S/C30H42F3N3O5/c1-27(2,3)40-24(37)17-29(18-34(19-29)26(39)41-28(4,5)6)35-14-12-21(13-15-35)36(25(38)30(31,32)33)23-16-22(23)20-10-8-7-9-11-20/h7-11,21-23H,12-19H2,1-6H3/t22-,23+/m0/s1. The minimum absolute atomic E-state index is 0.0398. The van der Waals surface area contributed by atoms with E-state index in [2.05, 4.69) is 4.90 Å². The third kappa shape index (κ3) is 7.53. The largest absolute Gasteiger partial charge is 0.471 e. The molecule has 4 rings (SSSR count). The van der Waals surface area contributed by atoms with Crippen molar-refractivity contribution in [2.24, 2.45) is 0 Å². The van der Waals surface area contributed by atoms with Crippen molar-refractivity contribution in [2.75, 3.05) is 26.2 Å². The van der Waals surface area contributed by atoms with Gasteiger partial charge in [-0.15, -0.1) is 0 Å². The molecule has 228 valence electrons. The summed E-state index contributed by atoms with van der Waals surface area (Å²) in [4.78, 5) is 42.9. The Morgan fingerprint density at radius 1 is 0.927 bits per heavy atom. The van der Waals surface area contributed by atoms with Crippen molar-refractivity contribution in [2.45, 2.75) is 108 Å². The predicted molar refractivity (Wildman–Crippen MR) is 146 cm³/mol. The quantitative estimate of drug-likeness (QED) is 0.434. The summed E-state index contributed by atoms with van der Waals surface area (Å²) in [6.07, 6.45) is -4.22. The zero-order chi connectivity index (χ0) is 30.4. The molecule has 0 spiro atoms. The van der Waals surface area contributed by atoms with Gasteiger partial charge in [0.1, 0.15) is 11.2 Å². The second-order valence-electron chi connectivity index (χ2n) is 13.6. The maximum Gasteiger partial charge on any atom is 0.471 e. The van der Waals surface area contributed by atoms with Crippen LogP contribution >= 0.6 is 0 Å². The molecule has 0 aromatic heterocycles. The second kappa shape index (κ2) is 11.1. The fourth-order valence-corrected chi connectivity index (χ4v) is 6.09. The van der Waals surface area contributed by atoms with Crippen LogP contribution in [0, 0.1) is 0 Å². The van der Waals surface area contributed by atoms with Gasteiger partial charge < -0.3 is 19.3 Å². The SMILES string of the molecule is CC(C)(C)OC(=O)CC1(N2CCC(N(C(=O)C(F)(F)F)[C@@H]3C[C@H]3c3ccccc3)CC2)CN(C(=O)OC(C)(C)C)C1. The number of amides is 2. The van der Waals surface area contributed by atoms with Crippen LogP contribution in [0.5, 0.6) is 0 Å². The summed E-state index contributed by atoms with van der Waals surface area (Å²) in [6, 6.07) is 8.26. The number of hydrogen-bond donors (Lipinski definition) is 0. The summed E-state index contributed by atoms with van der Waals surface area (Å²) in [6.45, 7) is 11.9. The third-order valence-corrected chi connectivity index (χ3v) is 7.86. The fraction of sp³-hybridized carbons (Fsp3) is 0.700. The van der Waals surface area contributed by atoms with Crippen LogP contribution in [0.2, 0.25) is 0 Å². The highest BCUT2D eigenvalue weighted by Gasteiger charge is 2.56. The minimum Gasteiger partial charge on any atom is -0.460 e. The lowest BCUT2D eigenvalue weighted by Crippen LogP contribution is -2.73. The number of carbonyl (C=O) groups excluding carboxylic acids is 3. The highest BCUT2D eigenvalue weighted by molar-refractivity contribution is 5.83. The van der Waals surface area contributed by atoms with Crippen LogP contribution in [0.4, 0.5) is 18.0 Å². The van der Waals surface area contributed by atoms with E-state index in [1.165, 1.54) is 4.90 Å². The van der Waals surface area contributed by atoms with E-state index in [0.29, 0.717) is 32.4 Å². The van der Waals surface area contributed by atoms with Gasteiger partial charge in [0, 0.05) is 44.2 Å². The molecule has 0 N–H and O–H groups in total. The number of nitrogens with zero attached hydrogens (tertiary/aromatic N) is 3. The molecule has 41 heavy (non-hydrogen) atoms. The average molecular weight is 582 g/mol. The van der Waals surface area contributed by atoms with Crippen molar-refractivity contribution in [3.8, 4) is 0 Å². The van der Waals surface area contributed by atoms with E-state index >= 15 is 0 Å². The van der Waals surface area contributed by atoms with Gasteiger partial charge in [-0.1, -0.05) is 30.3 Å². The van der Waals surface area contributed by atoms with E-state index in [9.17, 15) is 27.6 Å². The topological polar surface area (TPSA) is 79.4 Å². The van der Waals surface area contributed by atoms with Gasteiger partial charge in [0.25, 0.3) is 0 Å². The van der Waals surface area contributed by atoms with Crippen LogP contribution in [-0.4, -0.2) is 93.8 Å². The van der Waals surface area contributed by atoms with Crippen molar-refractivity contribution in [1.82, 2.24) is 14.7 Å². The molecule has 2 heterocycles. The Hall–Kier alpha value is -2.82. The van der Waals surface area contributed by atoms with E-state index in [1.807, 2.05) is 30.3 Å². The van der Waals surface area contributed by atoms with E-state index in [0.717, 1.165) is 10.5 Å². The lowest BCUT2D eigenvalue weighted by Gasteiger charge is -2.57. The number of esters is 1. The Balaban J connectivity index is 1.47. The first-order valence-electron chi connectivity index (χ1n) is 14.3. The normalized spacial score (nSPS) is 23.4. The summed E-state index contributed by atoms with van der Waals surface area (Å²) in [5.74, 6) is -2.31. The van der Waals surface area contributed by atoms with Gasteiger partial charge >= 0.3 is 24.1 Å². The van der Waals surface area contributed by atoms with E-state index in [1.54, 1.807) is 41.5 Å². The zero-order valence-corrected chi connectivity index (χ0v) is 24.8. The summed E-state index contributed by atoms with van der Waals surface area (Å²) < 4.78 is 52.2. The molecule has 0 bridgehead atoms. The molecule has 1 aliphatic carbocycles. The molecule has 1 saturated carbocycles. The molecule has 3 aliphatic rings. The number of ether oxygens (including phenoxy) is 2. The first kappa shape index (κ1) is 31.1. The van der Waals surface area contributed by atoms with Gasteiger partial charge in [0.05, 0.1) is 12.0 Å². The van der Waals surface area contributed by atoms with Crippen LogP contribution in [0.15, 0.2) is 30.3 Å². The highest BCUT2D eigenvalue weighted by Crippen LogP contribution is 2.48. The highest BCUT2D eigenvalue weighted by atomic mass is 19.4. The van der Waals surface area contributed by atoms with Crippen LogP contribution in [0.25, 0.3) is 0 Å². The number of benzene rings is 1. The monoisotopic (exact) mass is 581 g/mol. The summed E-state index contributed by atoms with van der Waals surface area (Å²) >= 11 is 0. The third-order valence-electron chi connectivity index (χ3n) is 7.86. The minimum atomic E-state index is -4.96. The van der Waals surface area contributed by atoms with Crippen molar-refractivity contribution in [1.29, 1.82) is 0 Å². The van der Waals surface area contributed by atoms with Gasteiger partial charge in [0.15, 0.2) is 0 Å². The van der Waals surface area contributed by atoms with Gasteiger partial charge in [-0.05, 0) is 66.4 Å². The van der Waals surface area contributed by atoms with E-state index in [4.69, 9.17) is 9.47 Å². The molecular formula is C30H42F3N3O5. The maximum atomic E-state index is 13.7. The number of carbonyl (C=O) groups is 3. The first-order valence-corrected chi connectivity index (χ1v) is 14.3. The number of alkyl halides is 3.